The van der Waals surface area contributed by atoms with Gasteiger partial charge in [-0.25, -0.2) is 0 Å². The van der Waals surface area contributed by atoms with E-state index >= 15 is 0 Å². The van der Waals surface area contributed by atoms with Crippen LogP contribution < -0.4 is 5.32 Å². The normalized spacial score (nSPS) is 13.4. The van der Waals surface area contributed by atoms with Crippen molar-refractivity contribution in [2.45, 2.75) is 32.1 Å². The number of hydrogen-bond acceptors (Lipinski definition) is 1. The topological polar surface area (TPSA) is 12.0 Å². The summed E-state index contributed by atoms with van der Waals surface area (Å²) in [6.07, 6.45) is 3.46. The fourth-order valence-corrected chi connectivity index (χ4v) is 3.61. The summed E-state index contributed by atoms with van der Waals surface area (Å²) >= 11 is 6.11. The molecule has 27 heavy (non-hydrogen) atoms. The van der Waals surface area contributed by atoms with Crippen LogP contribution in [0.25, 0.3) is 11.1 Å². The Kier molecular flexibility index (Phi) is 5.05. The standard InChI is InChI=1S/C25H24ClN/c1-17-6-13-24(26)16-25(17)27-18(2)14-19-4-3-5-23(15-19)22-11-9-21(10-12-22)20-7-8-20/h3-6,9-13,15-16,20,27H,2,7-8,14H2,1H3. The molecule has 0 radical (unpaired) electrons. The van der Waals surface area contributed by atoms with Gasteiger partial charge in [-0.1, -0.05) is 72.8 Å². The van der Waals surface area contributed by atoms with Crippen LogP contribution in [0.2, 0.25) is 5.02 Å². The first-order valence-corrected chi connectivity index (χ1v) is 9.86. The minimum absolute atomic E-state index is 0.729. The summed E-state index contributed by atoms with van der Waals surface area (Å²) in [5.41, 5.74) is 8.37. The lowest BCUT2D eigenvalue weighted by molar-refractivity contribution is 1.13. The van der Waals surface area contributed by atoms with Crippen LogP contribution in [0.15, 0.2) is 79.0 Å². The molecule has 0 aliphatic heterocycles. The van der Waals surface area contributed by atoms with Gasteiger partial charge >= 0.3 is 0 Å². The van der Waals surface area contributed by atoms with Gasteiger partial charge in [0.05, 0.1) is 0 Å². The molecule has 0 unspecified atom stereocenters. The van der Waals surface area contributed by atoms with Gasteiger partial charge in [0.1, 0.15) is 0 Å². The lowest BCUT2D eigenvalue weighted by Gasteiger charge is -2.13. The second kappa shape index (κ2) is 7.62. The first-order valence-electron chi connectivity index (χ1n) is 9.49. The number of hydrogen-bond donors (Lipinski definition) is 1. The third-order valence-electron chi connectivity index (χ3n) is 5.15. The van der Waals surface area contributed by atoms with Crippen LogP contribution in [0.4, 0.5) is 5.69 Å². The molecule has 1 nitrogen and oxygen atoms in total. The number of anilines is 1. The lowest BCUT2D eigenvalue weighted by Crippen LogP contribution is -2.03. The molecule has 0 heterocycles. The zero-order chi connectivity index (χ0) is 18.8. The molecule has 0 spiro atoms. The van der Waals surface area contributed by atoms with E-state index in [1.165, 1.54) is 35.1 Å². The molecular weight excluding hydrogens is 350 g/mol. The Balaban J connectivity index is 1.47. The number of allylic oxidation sites excluding steroid dienone is 1. The number of aryl methyl sites for hydroxylation is 1. The molecule has 0 amide bonds. The number of halogens is 1. The molecule has 0 bridgehead atoms. The van der Waals surface area contributed by atoms with Crippen LogP contribution in [0, 0.1) is 6.92 Å². The summed E-state index contributed by atoms with van der Waals surface area (Å²) in [7, 11) is 0. The highest BCUT2D eigenvalue weighted by Gasteiger charge is 2.22. The van der Waals surface area contributed by atoms with Gasteiger partial charge in [-0.2, -0.15) is 0 Å². The Morgan fingerprint density at radius 1 is 1.00 bits per heavy atom. The minimum atomic E-state index is 0.729. The predicted molar refractivity (Wildman–Crippen MR) is 117 cm³/mol. The van der Waals surface area contributed by atoms with E-state index in [4.69, 9.17) is 11.6 Å². The van der Waals surface area contributed by atoms with Crippen LogP contribution >= 0.6 is 11.6 Å². The molecule has 4 rings (SSSR count). The molecule has 1 saturated carbocycles. The molecule has 1 fully saturated rings. The van der Waals surface area contributed by atoms with E-state index in [0.717, 1.165) is 34.3 Å². The number of benzene rings is 3. The van der Waals surface area contributed by atoms with E-state index in [2.05, 4.69) is 67.4 Å². The smallest absolute Gasteiger partial charge is 0.0426 e. The molecule has 0 saturated heterocycles. The van der Waals surface area contributed by atoms with Crippen molar-refractivity contribution in [2.24, 2.45) is 0 Å². The molecule has 3 aromatic carbocycles. The highest BCUT2D eigenvalue weighted by atomic mass is 35.5. The molecule has 0 atom stereocenters. The van der Waals surface area contributed by atoms with E-state index in [1.807, 2.05) is 18.2 Å². The minimum Gasteiger partial charge on any atom is -0.359 e. The lowest BCUT2D eigenvalue weighted by atomic mass is 9.99. The molecule has 1 N–H and O–H groups in total. The van der Waals surface area contributed by atoms with Gasteiger partial charge in [-0.15, -0.1) is 0 Å². The Hall–Kier alpha value is -2.51. The fraction of sp³-hybridized carbons (Fsp3) is 0.200. The van der Waals surface area contributed by atoms with Gasteiger partial charge in [0, 0.05) is 22.8 Å². The maximum Gasteiger partial charge on any atom is 0.0426 e. The summed E-state index contributed by atoms with van der Waals surface area (Å²) in [6.45, 7) is 6.27. The zero-order valence-electron chi connectivity index (χ0n) is 15.6. The average Bonchev–Trinajstić information content (AvgIpc) is 3.50. The molecular formula is C25H24ClN. The Morgan fingerprint density at radius 2 is 1.78 bits per heavy atom. The zero-order valence-corrected chi connectivity index (χ0v) is 16.4. The number of nitrogens with one attached hydrogen (secondary N) is 1. The fourth-order valence-electron chi connectivity index (χ4n) is 3.44. The summed E-state index contributed by atoms with van der Waals surface area (Å²) < 4.78 is 0. The van der Waals surface area contributed by atoms with Crippen molar-refractivity contribution in [1.82, 2.24) is 0 Å². The van der Waals surface area contributed by atoms with Gasteiger partial charge < -0.3 is 5.32 Å². The SMILES string of the molecule is C=C(Cc1cccc(-c2ccc(C3CC3)cc2)c1)Nc1cc(Cl)ccc1C. The molecule has 2 heteroatoms. The highest BCUT2D eigenvalue weighted by Crippen LogP contribution is 2.40. The summed E-state index contributed by atoms with van der Waals surface area (Å²) in [5.74, 6) is 0.801. The third-order valence-corrected chi connectivity index (χ3v) is 5.38. The van der Waals surface area contributed by atoms with Crippen molar-refractivity contribution in [3.63, 3.8) is 0 Å². The molecule has 1 aliphatic carbocycles. The summed E-state index contributed by atoms with van der Waals surface area (Å²) in [6, 6.07) is 23.6. The van der Waals surface area contributed by atoms with Crippen molar-refractivity contribution in [2.75, 3.05) is 5.32 Å². The van der Waals surface area contributed by atoms with Crippen LogP contribution in [0.1, 0.15) is 35.4 Å². The molecule has 136 valence electrons. The van der Waals surface area contributed by atoms with Crippen LogP contribution in [0.5, 0.6) is 0 Å². The second-order valence-corrected chi connectivity index (χ2v) is 7.90. The Bertz CT molecular complexity index is 968. The first kappa shape index (κ1) is 17.9. The maximum absolute atomic E-state index is 6.11. The van der Waals surface area contributed by atoms with Crippen molar-refractivity contribution < 1.29 is 0 Å². The van der Waals surface area contributed by atoms with Crippen molar-refractivity contribution in [1.29, 1.82) is 0 Å². The predicted octanol–water partition coefficient (Wildman–Crippen LogP) is 7.36. The van der Waals surface area contributed by atoms with Crippen molar-refractivity contribution >= 4 is 17.3 Å². The van der Waals surface area contributed by atoms with Gasteiger partial charge in [-0.05, 0) is 65.6 Å². The Labute approximate surface area is 166 Å². The van der Waals surface area contributed by atoms with E-state index in [0.29, 0.717) is 0 Å². The first-order chi connectivity index (χ1) is 13.1. The van der Waals surface area contributed by atoms with E-state index < -0.39 is 0 Å². The van der Waals surface area contributed by atoms with E-state index in [-0.39, 0.29) is 0 Å². The Morgan fingerprint density at radius 3 is 2.52 bits per heavy atom. The molecule has 3 aromatic rings. The van der Waals surface area contributed by atoms with Gasteiger partial charge in [0.25, 0.3) is 0 Å². The molecule has 1 aliphatic rings. The van der Waals surface area contributed by atoms with Crippen LogP contribution in [-0.2, 0) is 6.42 Å². The number of rotatable bonds is 6. The monoisotopic (exact) mass is 373 g/mol. The van der Waals surface area contributed by atoms with Gasteiger partial charge in [-0.3, -0.25) is 0 Å². The van der Waals surface area contributed by atoms with E-state index in [1.54, 1.807) is 0 Å². The van der Waals surface area contributed by atoms with Crippen LogP contribution in [0.3, 0.4) is 0 Å². The quantitative estimate of drug-likeness (QED) is 0.475. The summed E-state index contributed by atoms with van der Waals surface area (Å²) in [5, 5.41) is 4.14. The van der Waals surface area contributed by atoms with Crippen molar-refractivity contribution in [3.05, 3.63) is 101 Å². The second-order valence-electron chi connectivity index (χ2n) is 7.46. The van der Waals surface area contributed by atoms with E-state index in [9.17, 15) is 0 Å². The highest BCUT2D eigenvalue weighted by molar-refractivity contribution is 6.30. The van der Waals surface area contributed by atoms with Crippen molar-refractivity contribution in [3.8, 4) is 11.1 Å². The van der Waals surface area contributed by atoms with Gasteiger partial charge in [0.2, 0.25) is 0 Å². The molecule has 0 aromatic heterocycles. The van der Waals surface area contributed by atoms with Crippen LogP contribution in [-0.4, -0.2) is 0 Å². The summed E-state index contributed by atoms with van der Waals surface area (Å²) in [4.78, 5) is 0. The average molecular weight is 374 g/mol. The third kappa shape index (κ3) is 4.43. The maximum atomic E-state index is 6.11. The largest absolute Gasteiger partial charge is 0.359 e. The van der Waals surface area contributed by atoms with Gasteiger partial charge in [0.15, 0.2) is 0 Å².